The molecule has 94 valence electrons. The molecule has 0 saturated heterocycles. The van der Waals surface area contributed by atoms with Gasteiger partial charge < -0.3 is 10.6 Å². The van der Waals surface area contributed by atoms with E-state index in [-0.39, 0.29) is 11.9 Å². The number of anilines is 1. The molecular formula is C14H15FN2S. The molecule has 18 heavy (non-hydrogen) atoms. The number of halogens is 1. The minimum absolute atomic E-state index is 0.160. The fraction of sp³-hybridized carbons (Fsp3) is 0.286. The second-order valence-corrected chi connectivity index (χ2v) is 5.46. The normalized spacial score (nSPS) is 15.8. The van der Waals surface area contributed by atoms with E-state index in [0.717, 1.165) is 18.7 Å². The van der Waals surface area contributed by atoms with E-state index >= 15 is 0 Å². The first-order valence-corrected chi connectivity index (χ1v) is 6.96. The fourth-order valence-corrected chi connectivity index (χ4v) is 3.43. The summed E-state index contributed by atoms with van der Waals surface area (Å²) < 4.78 is 13.4. The molecule has 0 aliphatic carbocycles. The second-order valence-electron chi connectivity index (χ2n) is 4.48. The molecule has 2 heterocycles. The van der Waals surface area contributed by atoms with Crippen molar-refractivity contribution in [2.75, 3.05) is 18.0 Å². The molecular weight excluding hydrogens is 247 g/mol. The molecule has 0 saturated carbocycles. The Labute approximate surface area is 110 Å². The van der Waals surface area contributed by atoms with Crippen molar-refractivity contribution in [3.63, 3.8) is 0 Å². The van der Waals surface area contributed by atoms with Crippen molar-refractivity contribution in [3.05, 3.63) is 52.0 Å². The van der Waals surface area contributed by atoms with Crippen LogP contribution >= 0.6 is 11.3 Å². The molecule has 0 spiro atoms. The third-order valence-corrected chi connectivity index (χ3v) is 4.42. The molecule has 4 heteroatoms. The van der Waals surface area contributed by atoms with Gasteiger partial charge in [0.2, 0.25) is 0 Å². The molecule has 2 nitrogen and oxygen atoms in total. The number of thiophene rings is 1. The first-order valence-electron chi connectivity index (χ1n) is 6.08. The summed E-state index contributed by atoms with van der Waals surface area (Å²) in [5.41, 5.74) is 8.12. The van der Waals surface area contributed by atoms with Gasteiger partial charge in [0.1, 0.15) is 5.82 Å². The molecule has 0 radical (unpaired) electrons. The average molecular weight is 262 g/mol. The number of nitrogens with zero attached hydrogens (tertiary/aromatic N) is 1. The zero-order valence-corrected chi connectivity index (χ0v) is 10.8. The van der Waals surface area contributed by atoms with Gasteiger partial charge in [-0.3, -0.25) is 0 Å². The molecule has 2 N–H and O–H groups in total. The number of benzene rings is 1. The highest BCUT2D eigenvalue weighted by atomic mass is 32.1. The van der Waals surface area contributed by atoms with E-state index in [2.05, 4.69) is 16.3 Å². The van der Waals surface area contributed by atoms with Crippen molar-refractivity contribution >= 4 is 17.0 Å². The standard InChI is InChI=1S/C14H15FN2S/c15-11-4-3-10-5-6-17(12(10)8-11)13(9-16)14-2-1-7-18-14/h1-4,7-8,13H,5-6,9,16H2. The van der Waals surface area contributed by atoms with E-state index in [4.69, 9.17) is 5.73 Å². The van der Waals surface area contributed by atoms with Crippen LogP contribution in [-0.4, -0.2) is 13.1 Å². The quantitative estimate of drug-likeness (QED) is 0.921. The van der Waals surface area contributed by atoms with Gasteiger partial charge in [-0.25, -0.2) is 4.39 Å². The van der Waals surface area contributed by atoms with E-state index in [1.807, 2.05) is 12.1 Å². The zero-order valence-electron chi connectivity index (χ0n) is 9.97. The van der Waals surface area contributed by atoms with Crippen LogP contribution in [0.1, 0.15) is 16.5 Å². The van der Waals surface area contributed by atoms with Gasteiger partial charge in [-0.05, 0) is 35.6 Å². The molecule has 1 atom stereocenters. The Morgan fingerprint density at radius 1 is 1.39 bits per heavy atom. The van der Waals surface area contributed by atoms with Gasteiger partial charge in [0.05, 0.1) is 6.04 Å². The predicted octanol–water partition coefficient (Wildman–Crippen LogP) is 2.95. The van der Waals surface area contributed by atoms with E-state index in [9.17, 15) is 4.39 Å². The first kappa shape index (κ1) is 11.7. The van der Waals surface area contributed by atoms with Gasteiger partial charge in [-0.1, -0.05) is 12.1 Å². The van der Waals surface area contributed by atoms with Crippen LogP contribution in [0.3, 0.4) is 0 Å². The monoisotopic (exact) mass is 262 g/mol. The number of hydrogen-bond donors (Lipinski definition) is 1. The van der Waals surface area contributed by atoms with Crippen molar-refractivity contribution in [1.82, 2.24) is 0 Å². The molecule has 0 amide bonds. The molecule has 1 aromatic heterocycles. The van der Waals surface area contributed by atoms with Gasteiger partial charge >= 0.3 is 0 Å². The lowest BCUT2D eigenvalue weighted by Gasteiger charge is -2.28. The fourth-order valence-electron chi connectivity index (χ4n) is 2.58. The lowest BCUT2D eigenvalue weighted by Crippen LogP contribution is -2.31. The van der Waals surface area contributed by atoms with Crippen LogP contribution in [0.25, 0.3) is 0 Å². The largest absolute Gasteiger partial charge is 0.362 e. The van der Waals surface area contributed by atoms with E-state index in [1.165, 1.54) is 16.5 Å². The lowest BCUT2D eigenvalue weighted by atomic mass is 10.1. The van der Waals surface area contributed by atoms with Gasteiger partial charge in [0, 0.05) is 23.7 Å². The summed E-state index contributed by atoms with van der Waals surface area (Å²) >= 11 is 1.71. The van der Waals surface area contributed by atoms with Gasteiger partial charge in [-0.2, -0.15) is 0 Å². The maximum atomic E-state index is 13.4. The average Bonchev–Trinajstić information content (AvgIpc) is 3.01. The van der Waals surface area contributed by atoms with Crippen LogP contribution in [0, 0.1) is 5.82 Å². The SMILES string of the molecule is NCC(c1cccs1)N1CCc2ccc(F)cc21. The Kier molecular flexibility index (Phi) is 3.06. The molecule has 0 fully saturated rings. The summed E-state index contributed by atoms with van der Waals surface area (Å²) in [5, 5.41) is 2.06. The highest BCUT2D eigenvalue weighted by Gasteiger charge is 2.27. The van der Waals surface area contributed by atoms with E-state index in [1.54, 1.807) is 17.4 Å². The maximum Gasteiger partial charge on any atom is 0.125 e. The van der Waals surface area contributed by atoms with Crippen LogP contribution in [0.4, 0.5) is 10.1 Å². The van der Waals surface area contributed by atoms with Gasteiger partial charge in [-0.15, -0.1) is 11.3 Å². The molecule has 2 aromatic rings. The number of rotatable bonds is 3. The third-order valence-electron chi connectivity index (χ3n) is 3.45. The smallest absolute Gasteiger partial charge is 0.125 e. The van der Waals surface area contributed by atoms with Crippen LogP contribution in [-0.2, 0) is 6.42 Å². The molecule has 1 aliphatic rings. The Bertz CT molecular complexity index is 539. The Morgan fingerprint density at radius 2 is 2.28 bits per heavy atom. The highest BCUT2D eigenvalue weighted by molar-refractivity contribution is 7.10. The molecule has 1 unspecified atom stereocenters. The van der Waals surface area contributed by atoms with E-state index in [0.29, 0.717) is 6.54 Å². The molecule has 1 aliphatic heterocycles. The van der Waals surface area contributed by atoms with Crippen LogP contribution < -0.4 is 10.6 Å². The Morgan fingerprint density at radius 3 is 3.00 bits per heavy atom. The van der Waals surface area contributed by atoms with Crippen molar-refractivity contribution in [3.8, 4) is 0 Å². The molecule has 0 bridgehead atoms. The second kappa shape index (κ2) is 4.71. The van der Waals surface area contributed by atoms with Gasteiger partial charge in [0.25, 0.3) is 0 Å². The van der Waals surface area contributed by atoms with Crippen LogP contribution in [0.2, 0.25) is 0 Å². The van der Waals surface area contributed by atoms with Crippen molar-refractivity contribution < 1.29 is 4.39 Å². The summed E-state index contributed by atoms with van der Waals surface area (Å²) in [5.74, 6) is -0.178. The van der Waals surface area contributed by atoms with Gasteiger partial charge in [0.15, 0.2) is 0 Å². The number of fused-ring (bicyclic) bond motifs is 1. The maximum absolute atomic E-state index is 13.4. The minimum Gasteiger partial charge on any atom is -0.362 e. The molecule has 1 aromatic carbocycles. The first-order chi connectivity index (χ1) is 8.79. The summed E-state index contributed by atoms with van der Waals surface area (Å²) in [4.78, 5) is 3.47. The predicted molar refractivity (Wildman–Crippen MR) is 73.6 cm³/mol. The third kappa shape index (κ3) is 1.91. The van der Waals surface area contributed by atoms with Crippen molar-refractivity contribution in [2.45, 2.75) is 12.5 Å². The van der Waals surface area contributed by atoms with E-state index < -0.39 is 0 Å². The zero-order chi connectivity index (χ0) is 12.5. The molecule has 3 rings (SSSR count). The summed E-state index contributed by atoms with van der Waals surface area (Å²) in [6, 6.07) is 9.33. The lowest BCUT2D eigenvalue weighted by molar-refractivity contribution is 0.623. The van der Waals surface area contributed by atoms with Crippen LogP contribution in [0.5, 0.6) is 0 Å². The minimum atomic E-state index is -0.178. The Balaban J connectivity index is 1.97. The van der Waals surface area contributed by atoms with Crippen molar-refractivity contribution in [1.29, 1.82) is 0 Å². The van der Waals surface area contributed by atoms with Crippen molar-refractivity contribution in [2.24, 2.45) is 5.73 Å². The summed E-state index contributed by atoms with van der Waals surface area (Å²) in [6.07, 6.45) is 0.970. The summed E-state index contributed by atoms with van der Waals surface area (Å²) in [6.45, 7) is 1.47. The van der Waals surface area contributed by atoms with Crippen LogP contribution in [0.15, 0.2) is 35.7 Å². The highest BCUT2D eigenvalue weighted by Crippen LogP contribution is 2.36. The Hall–Kier alpha value is -1.39. The number of hydrogen-bond acceptors (Lipinski definition) is 3. The summed E-state index contributed by atoms with van der Waals surface area (Å²) in [7, 11) is 0. The topological polar surface area (TPSA) is 29.3 Å². The number of nitrogens with two attached hydrogens (primary N) is 1.